The Balaban J connectivity index is 1.59. The fourth-order valence-corrected chi connectivity index (χ4v) is 3.59. The van der Waals surface area contributed by atoms with E-state index in [1.54, 1.807) is 0 Å². The lowest BCUT2D eigenvalue weighted by Crippen LogP contribution is -2.38. The standard InChI is InChI=1S/C17H19N3O/c1-12-16-10-14(6-8-19(16)11-18-12)17(21)20-9-7-13-4-2-3-5-15(13)20/h2-5,11,14H,6-10H2,1H3. The van der Waals surface area contributed by atoms with Crippen molar-refractivity contribution in [2.75, 3.05) is 11.4 Å². The summed E-state index contributed by atoms with van der Waals surface area (Å²) in [4.78, 5) is 19.3. The molecule has 108 valence electrons. The summed E-state index contributed by atoms with van der Waals surface area (Å²) in [6, 6.07) is 8.27. The minimum atomic E-state index is 0.0963. The molecule has 0 spiro atoms. The van der Waals surface area contributed by atoms with Crippen LogP contribution >= 0.6 is 0 Å². The zero-order chi connectivity index (χ0) is 14.4. The number of hydrogen-bond acceptors (Lipinski definition) is 2. The highest BCUT2D eigenvalue weighted by Crippen LogP contribution is 2.31. The Morgan fingerprint density at radius 2 is 2.14 bits per heavy atom. The number of fused-ring (bicyclic) bond motifs is 2. The predicted octanol–water partition coefficient (Wildman–Crippen LogP) is 2.34. The summed E-state index contributed by atoms with van der Waals surface area (Å²) < 4.78 is 2.19. The Hall–Kier alpha value is -2.10. The average Bonchev–Trinajstić information content (AvgIpc) is 3.10. The first-order valence-electron chi connectivity index (χ1n) is 7.64. The van der Waals surface area contributed by atoms with Crippen molar-refractivity contribution >= 4 is 11.6 Å². The number of hydrogen-bond donors (Lipinski definition) is 0. The summed E-state index contributed by atoms with van der Waals surface area (Å²) >= 11 is 0. The summed E-state index contributed by atoms with van der Waals surface area (Å²) in [5, 5.41) is 0. The molecule has 2 aromatic rings. The van der Waals surface area contributed by atoms with Crippen molar-refractivity contribution in [3.05, 3.63) is 47.5 Å². The van der Waals surface area contributed by atoms with Crippen LogP contribution in [0.1, 0.15) is 23.4 Å². The van der Waals surface area contributed by atoms with Crippen LogP contribution in [0.25, 0.3) is 0 Å². The molecule has 4 rings (SSSR count). The second kappa shape index (κ2) is 4.72. The van der Waals surface area contributed by atoms with Crippen molar-refractivity contribution in [2.24, 2.45) is 5.92 Å². The van der Waals surface area contributed by atoms with Gasteiger partial charge in [0.25, 0.3) is 0 Å². The zero-order valence-electron chi connectivity index (χ0n) is 12.2. The lowest BCUT2D eigenvalue weighted by atomic mass is 9.93. The fourth-order valence-electron chi connectivity index (χ4n) is 3.59. The van der Waals surface area contributed by atoms with Crippen molar-refractivity contribution in [1.82, 2.24) is 9.55 Å². The number of nitrogens with zero attached hydrogens (tertiary/aromatic N) is 3. The molecule has 4 heteroatoms. The van der Waals surface area contributed by atoms with Crippen LogP contribution in [-0.2, 0) is 24.2 Å². The lowest BCUT2D eigenvalue weighted by molar-refractivity contribution is -0.122. The van der Waals surface area contributed by atoms with Gasteiger partial charge in [0, 0.05) is 36.8 Å². The van der Waals surface area contributed by atoms with Crippen LogP contribution in [-0.4, -0.2) is 22.0 Å². The van der Waals surface area contributed by atoms with Gasteiger partial charge in [-0.3, -0.25) is 4.79 Å². The van der Waals surface area contributed by atoms with Crippen LogP contribution in [0.4, 0.5) is 5.69 Å². The Labute approximate surface area is 124 Å². The molecule has 2 aliphatic rings. The molecule has 0 aliphatic carbocycles. The molecule has 4 nitrogen and oxygen atoms in total. The van der Waals surface area contributed by atoms with E-state index in [4.69, 9.17) is 0 Å². The van der Waals surface area contributed by atoms with Gasteiger partial charge in [-0.15, -0.1) is 0 Å². The molecule has 0 bridgehead atoms. The lowest BCUT2D eigenvalue weighted by Gasteiger charge is -2.28. The van der Waals surface area contributed by atoms with E-state index >= 15 is 0 Å². The van der Waals surface area contributed by atoms with E-state index < -0.39 is 0 Å². The second-order valence-corrected chi connectivity index (χ2v) is 6.03. The normalized spacial score (nSPS) is 20.2. The highest BCUT2D eigenvalue weighted by atomic mass is 16.2. The SMILES string of the molecule is Cc1ncn2c1CC(C(=O)N1CCc3ccccc31)CC2. The van der Waals surface area contributed by atoms with E-state index in [9.17, 15) is 4.79 Å². The molecule has 3 heterocycles. The molecule has 0 radical (unpaired) electrons. The fraction of sp³-hybridized carbons (Fsp3) is 0.412. The molecule has 1 aromatic heterocycles. The second-order valence-electron chi connectivity index (χ2n) is 6.03. The zero-order valence-corrected chi connectivity index (χ0v) is 12.2. The van der Waals surface area contributed by atoms with E-state index in [0.29, 0.717) is 0 Å². The van der Waals surface area contributed by atoms with Crippen LogP contribution in [0.5, 0.6) is 0 Å². The van der Waals surface area contributed by atoms with E-state index in [1.165, 1.54) is 11.3 Å². The molecule has 0 fully saturated rings. The molecular formula is C17H19N3O. The van der Waals surface area contributed by atoms with Crippen LogP contribution in [0.3, 0.4) is 0 Å². The Morgan fingerprint density at radius 1 is 1.29 bits per heavy atom. The maximum absolute atomic E-state index is 12.9. The number of aryl methyl sites for hydroxylation is 2. The van der Waals surface area contributed by atoms with Gasteiger partial charge in [0.1, 0.15) is 0 Å². The highest BCUT2D eigenvalue weighted by molar-refractivity contribution is 5.97. The van der Waals surface area contributed by atoms with Crippen molar-refractivity contribution in [3.63, 3.8) is 0 Å². The van der Waals surface area contributed by atoms with Gasteiger partial charge in [0.05, 0.1) is 12.0 Å². The van der Waals surface area contributed by atoms with E-state index in [2.05, 4.69) is 27.8 Å². The van der Waals surface area contributed by atoms with Crippen LogP contribution < -0.4 is 4.90 Å². The molecule has 0 saturated heterocycles. The van der Waals surface area contributed by atoms with Crippen LogP contribution in [0, 0.1) is 12.8 Å². The number of anilines is 1. The summed E-state index contributed by atoms with van der Waals surface area (Å²) in [5.74, 6) is 0.380. The molecule has 2 aliphatic heterocycles. The van der Waals surface area contributed by atoms with E-state index in [-0.39, 0.29) is 11.8 Å². The van der Waals surface area contributed by atoms with Gasteiger partial charge >= 0.3 is 0 Å². The average molecular weight is 281 g/mol. The van der Waals surface area contributed by atoms with Gasteiger partial charge in [0.15, 0.2) is 0 Å². The van der Waals surface area contributed by atoms with E-state index in [1.807, 2.05) is 24.2 Å². The van der Waals surface area contributed by atoms with Gasteiger partial charge in [-0.1, -0.05) is 18.2 Å². The molecule has 1 unspecified atom stereocenters. The van der Waals surface area contributed by atoms with Gasteiger partial charge in [-0.25, -0.2) is 4.98 Å². The molecule has 0 saturated carbocycles. The molecule has 1 aromatic carbocycles. The van der Waals surface area contributed by atoms with Crippen LogP contribution in [0.15, 0.2) is 30.6 Å². The number of benzene rings is 1. The number of carbonyl (C=O) groups is 1. The van der Waals surface area contributed by atoms with Gasteiger partial charge < -0.3 is 9.47 Å². The van der Waals surface area contributed by atoms with Gasteiger partial charge in [-0.05, 0) is 31.4 Å². The molecule has 1 atom stereocenters. The number of para-hydroxylation sites is 1. The quantitative estimate of drug-likeness (QED) is 0.804. The Bertz CT molecular complexity index is 704. The Kier molecular flexibility index (Phi) is 2.84. The number of aromatic nitrogens is 2. The Morgan fingerprint density at radius 3 is 3.05 bits per heavy atom. The van der Waals surface area contributed by atoms with Crippen molar-refractivity contribution in [3.8, 4) is 0 Å². The third-order valence-electron chi connectivity index (χ3n) is 4.82. The number of amides is 1. The third kappa shape index (κ3) is 1.97. The summed E-state index contributed by atoms with van der Waals surface area (Å²) in [7, 11) is 0. The first-order chi connectivity index (χ1) is 10.2. The minimum absolute atomic E-state index is 0.0963. The predicted molar refractivity (Wildman–Crippen MR) is 81.3 cm³/mol. The first kappa shape index (κ1) is 12.6. The van der Waals surface area contributed by atoms with Gasteiger partial charge in [-0.2, -0.15) is 0 Å². The molecule has 0 N–H and O–H groups in total. The summed E-state index contributed by atoms with van der Waals surface area (Å²) in [6.45, 7) is 3.76. The summed E-state index contributed by atoms with van der Waals surface area (Å²) in [5.41, 5.74) is 4.70. The van der Waals surface area contributed by atoms with E-state index in [0.717, 1.165) is 43.7 Å². The van der Waals surface area contributed by atoms with Crippen molar-refractivity contribution < 1.29 is 4.79 Å². The van der Waals surface area contributed by atoms with Crippen molar-refractivity contribution in [1.29, 1.82) is 0 Å². The minimum Gasteiger partial charge on any atom is -0.334 e. The monoisotopic (exact) mass is 281 g/mol. The topological polar surface area (TPSA) is 38.1 Å². The largest absolute Gasteiger partial charge is 0.334 e. The highest BCUT2D eigenvalue weighted by Gasteiger charge is 2.32. The van der Waals surface area contributed by atoms with Crippen molar-refractivity contribution in [2.45, 2.75) is 32.7 Å². The maximum Gasteiger partial charge on any atom is 0.230 e. The number of carbonyl (C=O) groups excluding carboxylic acids is 1. The van der Waals surface area contributed by atoms with Crippen LogP contribution in [0.2, 0.25) is 0 Å². The molecular weight excluding hydrogens is 262 g/mol. The summed E-state index contributed by atoms with van der Waals surface area (Å²) in [6.07, 6.45) is 4.62. The smallest absolute Gasteiger partial charge is 0.230 e. The maximum atomic E-state index is 12.9. The molecule has 21 heavy (non-hydrogen) atoms. The first-order valence-corrected chi connectivity index (χ1v) is 7.64. The third-order valence-corrected chi connectivity index (χ3v) is 4.82. The molecule has 1 amide bonds. The number of imidazole rings is 1. The number of rotatable bonds is 1. The van der Waals surface area contributed by atoms with Gasteiger partial charge in [0.2, 0.25) is 5.91 Å².